The molecule has 0 radical (unpaired) electrons. The van der Waals surface area contributed by atoms with E-state index in [-0.39, 0.29) is 17.4 Å². The third kappa shape index (κ3) is 3.45. The third-order valence-corrected chi connectivity index (χ3v) is 3.87. The summed E-state index contributed by atoms with van der Waals surface area (Å²) in [6.07, 6.45) is -2.92. The number of rotatable bonds is 2. The molecular formula is C14H17F3N4. The van der Waals surface area contributed by atoms with Crippen molar-refractivity contribution in [2.45, 2.75) is 32.0 Å². The summed E-state index contributed by atoms with van der Waals surface area (Å²) in [5.74, 6) is 0.480. The predicted molar refractivity (Wildman–Crippen MR) is 72.5 cm³/mol. The summed E-state index contributed by atoms with van der Waals surface area (Å²) < 4.78 is 38.3. The minimum Gasteiger partial charge on any atom is -0.355 e. The second-order valence-electron chi connectivity index (χ2n) is 5.36. The van der Waals surface area contributed by atoms with Crippen LogP contribution in [0.3, 0.4) is 0 Å². The van der Waals surface area contributed by atoms with Crippen molar-refractivity contribution in [3.05, 3.63) is 23.4 Å². The molecule has 1 atom stereocenters. The highest BCUT2D eigenvalue weighted by atomic mass is 19.4. The van der Waals surface area contributed by atoms with Crippen molar-refractivity contribution in [3.8, 4) is 6.07 Å². The average molecular weight is 298 g/mol. The zero-order chi connectivity index (χ0) is 15.6. The Hall–Kier alpha value is -1.81. The highest BCUT2D eigenvalue weighted by molar-refractivity contribution is 5.54. The van der Waals surface area contributed by atoms with E-state index in [0.29, 0.717) is 19.0 Å². The minimum absolute atomic E-state index is 0.0667. The summed E-state index contributed by atoms with van der Waals surface area (Å²) in [4.78, 5) is 5.40. The molecule has 2 heterocycles. The van der Waals surface area contributed by atoms with Gasteiger partial charge in [-0.1, -0.05) is 0 Å². The Morgan fingerprint density at radius 2 is 2.00 bits per heavy atom. The molecule has 1 fully saturated rings. The first-order chi connectivity index (χ1) is 9.82. The van der Waals surface area contributed by atoms with E-state index in [9.17, 15) is 13.2 Å². The van der Waals surface area contributed by atoms with Crippen molar-refractivity contribution < 1.29 is 13.2 Å². The molecule has 2 N–H and O–H groups in total. The molecule has 21 heavy (non-hydrogen) atoms. The molecule has 2 rings (SSSR count). The summed E-state index contributed by atoms with van der Waals surface area (Å²) in [5.41, 5.74) is 5.06. The summed E-state index contributed by atoms with van der Waals surface area (Å²) in [6.45, 7) is 3.06. The Kier molecular flexibility index (Phi) is 4.37. The summed E-state index contributed by atoms with van der Waals surface area (Å²) in [5, 5.41) is 9.07. The third-order valence-electron chi connectivity index (χ3n) is 3.87. The maximum atomic E-state index is 12.8. The molecule has 7 heteroatoms. The van der Waals surface area contributed by atoms with Crippen LogP contribution in [0, 0.1) is 17.2 Å². The van der Waals surface area contributed by atoms with Crippen LogP contribution in [0.1, 0.15) is 31.0 Å². The van der Waals surface area contributed by atoms with E-state index < -0.39 is 11.9 Å². The molecule has 1 unspecified atom stereocenters. The van der Waals surface area contributed by atoms with E-state index in [2.05, 4.69) is 4.98 Å². The van der Waals surface area contributed by atoms with Gasteiger partial charge in [0.25, 0.3) is 0 Å². The smallest absolute Gasteiger partial charge is 0.355 e. The van der Waals surface area contributed by atoms with Crippen molar-refractivity contribution >= 4 is 5.82 Å². The second-order valence-corrected chi connectivity index (χ2v) is 5.36. The molecule has 1 aliphatic rings. The molecule has 1 aromatic heterocycles. The van der Waals surface area contributed by atoms with E-state index in [4.69, 9.17) is 11.0 Å². The van der Waals surface area contributed by atoms with Crippen LogP contribution in [0.4, 0.5) is 19.0 Å². The summed E-state index contributed by atoms with van der Waals surface area (Å²) >= 11 is 0. The van der Waals surface area contributed by atoms with E-state index in [0.717, 1.165) is 18.9 Å². The van der Waals surface area contributed by atoms with Crippen LogP contribution in [0.2, 0.25) is 0 Å². The number of piperidine rings is 1. The first kappa shape index (κ1) is 15.6. The second kappa shape index (κ2) is 5.90. The van der Waals surface area contributed by atoms with Crippen molar-refractivity contribution in [1.29, 1.82) is 5.26 Å². The molecule has 114 valence electrons. The summed E-state index contributed by atoms with van der Waals surface area (Å²) in [7, 11) is 0. The lowest BCUT2D eigenvalue weighted by Crippen LogP contribution is -2.40. The zero-order valence-corrected chi connectivity index (χ0v) is 11.7. The normalized spacial score (nSPS) is 18.4. The van der Waals surface area contributed by atoms with Crippen LogP contribution >= 0.6 is 0 Å². The molecule has 0 aliphatic carbocycles. The van der Waals surface area contributed by atoms with Gasteiger partial charge in [0.1, 0.15) is 17.6 Å². The Bertz CT molecular complexity index is 540. The van der Waals surface area contributed by atoms with Crippen LogP contribution in [0.5, 0.6) is 0 Å². The Balaban J connectivity index is 2.25. The van der Waals surface area contributed by atoms with E-state index >= 15 is 0 Å². The Morgan fingerprint density at radius 1 is 1.38 bits per heavy atom. The quantitative estimate of drug-likeness (QED) is 0.911. The SMILES string of the molecule is CC(N)C1CCN(c2nc(C(F)(F)F)ccc2C#N)CC1. The van der Waals surface area contributed by atoms with Crippen LogP contribution in [0.25, 0.3) is 0 Å². The van der Waals surface area contributed by atoms with Crippen molar-refractivity contribution in [2.75, 3.05) is 18.0 Å². The number of nitrogens with two attached hydrogens (primary N) is 1. The number of pyridine rings is 1. The molecular weight excluding hydrogens is 281 g/mol. The largest absolute Gasteiger partial charge is 0.433 e. The Labute approximate surface area is 121 Å². The van der Waals surface area contributed by atoms with Gasteiger partial charge in [0, 0.05) is 19.1 Å². The predicted octanol–water partition coefficient (Wildman–Crippen LogP) is 2.54. The monoisotopic (exact) mass is 298 g/mol. The number of hydrogen-bond acceptors (Lipinski definition) is 4. The summed E-state index contributed by atoms with van der Waals surface area (Å²) in [6, 6.07) is 4.00. The van der Waals surface area contributed by atoms with Gasteiger partial charge >= 0.3 is 6.18 Å². The zero-order valence-electron chi connectivity index (χ0n) is 11.7. The van der Waals surface area contributed by atoms with Gasteiger partial charge in [0.15, 0.2) is 0 Å². The fraction of sp³-hybridized carbons (Fsp3) is 0.571. The lowest BCUT2D eigenvalue weighted by molar-refractivity contribution is -0.141. The topological polar surface area (TPSA) is 65.9 Å². The molecule has 1 aliphatic heterocycles. The lowest BCUT2D eigenvalue weighted by atomic mass is 9.91. The molecule has 0 saturated carbocycles. The molecule has 0 amide bonds. The number of alkyl halides is 3. The van der Waals surface area contributed by atoms with Gasteiger partial charge in [-0.15, -0.1) is 0 Å². The molecule has 0 bridgehead atoms. The van der Waals surface area contributed by atoms with Gasteiger partial charge in [-0.25, -0.2) is 4.98 Å². The molecule has 1 saturated heterocycles. The van der Waals surface area contributed by atoms with Crippen molar-refractivity contribution in [2.24, 2.45) is 11.7 Å². The highest BCUT2D eigenvalue weighted by Gasteiger charge is 2.34. The van der Waals surface area contributed by atoms with Crippen LogP contribution in [-0.2, 0) is 6.18 Å². The van der Waals surface area contributed by atoms with Gasteiger partial charge in [-0.3, -0.25) is 0 Å². The molecule has 1 aromatic rings. The maximum absolute atomic E-state index is 12.8. The van der Waals surface area contributed by atoms with Gasteiger partial charge in [0.2, 0.25) is 0 Å². The van der Waals surface area contributed by atoms with E-state index in [1.807, 2.05) is 13.0 Å². The number of nitriles is 1. The van der Waals surface area contributed by atoms with Gasteiger partial charge < -0.3 is 10.6 Å². The minimum atomic E-state index is -4.51. The number of anilines is 1. The van der Waals surface area contributed by atoms with Gasteiger partial charge in [-0.2, -0.15) is 18.4 Å². The van der Waals surface area contributed by atoms with Crippen LogP contribution in [-0.4, -0.2) is 24.1 Å². The average Bonchev–Trinajstić information content (AvgIpc) is 2.45. The Morgan fingerprint density at radius 3 is 2.48 bits per heavy atom. The standard InChI is InChI=1S/C14H17F3N4/c1-9(19)10-4-6-21(7-5-10)13-11(8-18)2-3-12(20-13)14(15,16)17/h2-3,9-10H,4-7,19H2,1H3. The number of halogens is 3. The van der Waals surface area contributed by atoms with Crippen molar-refractivity contribution in [3.63, 3.8) is 0 Å². The van der Waals surface area contributed by atoms with Crippen LogP contribution < -0.4 is 10.6 Å². The molecule has 4 nitrogen and oxygen atoms in total. The number of nitrogens with zero attached hydrogens (tertiary/aromatic N) is 3. The lowest BCUT2D eigenvalue weighted by Gasteiger charge is -2.35. The fourth-order valence-electron chi connectivity index (χ4n) is 2.57. The number of aromatic nitrogens is 1. The maximum Gasteiger partial charge on any atom is 0.433 e. The molecule has 0 spiro atoms. The first-order valence-corrected chi connectivity index (χ1v) is 6.82. The molecule has 0 aromatic carbocycles. The van der Waals surface area contributed by atoms with E-state index in [1.165, 1.54) is 6.07 Å². The van der Waals surface area contributed by atoms with Gasteiger partial charge in [0.05, 0.1) is 5.56 Å². The number of hydrogen-bond donors (Lipinski definition) is 1. The van der Waals surface area contributed by atoms with Gasteiger partial charge in [-0.05, 0) is 37.8 Å². The highest BCUT2D eigenvalue weighted by Crippen LogP contribution is 2.32. The van der Waals surface area contributed by atoms with Crippen molar-refractivity contribution in [1.82, 2.24) is 4.98 Å². The first-order valence-electron chi connectivity index (χ1n) is 6.82. The fourth-order valence-corrected chi connectivity index (χ4v) is 2.57. The van der Waals surface area contributed by atoms with Crippen LogP contribution in [0.15, 0.2) is 12.1 Å². The van der Waals surface area contributed by atoms with E-state index in [1.54, 1.807) is 4.90 Å².